The number of hydrogen-bond acceptors (Lipinski definition) is 5. The first kappa shape index (κ1) is 18.8. The number of rotatable bonds is 3. The first-order valence-corrected chi connectivity index (χ1v) is 11.0. The second kappa shape index (κ2) is 7.32. The lowest BCUT2D eigenvalue weighted by Crippen LogP contribution is -2.51. The van der Waals surface area contributed by atoms with E-state index >= 15 is 0 Å². The number of ether oxygens (including phenoxy) is 1. The van der Waals surface area contributed by atoms with Crippen LogP contribution >= 0.6 is 0 Å². The Morgan fingerprint density at radius 3 is 2.65 bits per heavy atom. The molecule has 3 aromatic heterocycles. The van der Waals surface area contributed by atoms with Crippen molar-refractivity contribution in [1.29, 1.82) is 0 Å². The molecule has 158 valence electrons. The molecule has 2 saturated heterocycles. The minimum atomic E-state index is -0.305. The SMILES string of the molecule is Cc1cn2cc(-c3cc4ccc(C5CCN(C6COC6)CC5)cc4oc3=O)ccc2n1. The Morgan fingerprint density at radius 2 is 1.87 bits per heavy atom. The van der Waals surface area contributed by atoms with Crippen LogP contribution in [0.25, 0.3) is 27.7 Å². The molecule has 5 heterocycles. The molecule has 1 aromatic carbocycles. The van der Waals surface area contributed by atoms with Crippen molar-refractivity contribution in [2.45, 2.75) is 31.7 Å². The van der Waals surface area contributed by atoms with E-state index in [4.69, 9.17) is 9.15 Å². The molecular formula is C25H25N3O3. The second-order valence-corrected chi connectivity index (χ2v) is 8.81. The van der Waals surface area contributed by atoms with E-state index in [-0.39, 0.29) is 5.63 Å². The van der Waals surface area contributed by atoms with Crippen LogP contribution in [0.15, 0.2) is 58.0 Å². The molecule has 2 aliphatic rings. The van der Waals surface area contributed by atoms with Gasteiger partial charge in [-0.05, 0) is 68.6 Å². The molecule has 6 heteroatoms. The van der Waals surface area contributed by atoms with Crippen LogP contribution in [0.2, 0.25) is 0 Å². The van der Waals surface area contributed by atoms with Gasteiger partial charge in [-0.15, -0.1) is 0 Å². The van der Waals surface area contributed by atoms with Crippen LogP contribution in [0.3, 0.4) is 0 Å². The molecular weight excluding hydrogens is 390 g/mol. The predicted octanol–water partition coefficient (Wildman–Crippen LogP) is 3.99. The van der Waals surface area contributed by atoms with Gasteiger partial charge < -0.3 is 13.6 Å². The van der Waals surface area contributed by atoms with E-state index in [2.05, 4.69) is 28.1 Å². The van der Waals surface area contributed by atoms with Gasteiger partial charge in [0, 0.05) is 23.3 Å². The van der Waals surface area contributed by atoms with E-state index in [1.807, 2.05) is 41.9 Å². The van der Waals surface area contributed by atoms with E-state index in [0.29, 0.717) is 23.1 Å². The number of likely N-dealkylation sites (tertiary alicyclic amines) is 1. The first-order valence-electron chi connectivity index (χ1n) is 11.0. The third kappa shape index (κ3) is 3.36. The highest BCUT2D eigenvalue weighted by atomic mass is 16.5. The Labute approximate surface area is 180 Å². The van der Waals surface area contributed by atoms with E-state index in [1.165, 1.54) is 5.56 Å². The standard InChI is InChI=1S/C25H25N3O3/c1-16-12-28-13-20(4-5-24(28)26-16)22-10-19-3-2-18(11-23(19)31-25(22)29)17-6-8-27(9-7-17)21-14-30-15-21/h2-5,10-13,17,21H,6-9,14-15H2,1H3. The summed E-state index contributed by atoms with van der Waals surface area (Å²) < 4.78 is 13.1. The first-order chi connectivity index (χ1) is 15.1. The molecule has 31 heavy (non-hydrogen) atoms. The highest BCUT2D eigenvalue weighted by Crippen LogP contribution is 2.32. The minimum Gasteiger partial charge on any atom is -0.422 e. The molecule has 0 amide bonds. The number of piperidine rings is 1. The van der Waals surface area contributed by atoms with Crippen LogP contribution in [-0.2, 0) is 4.74 Å². The zero-order chi connectivity index (χ0) is 20.9. The van der Waals surface area contributed by atoms with Crippen molar-refractivity contribution in [1.82, 2.24) is 14.3 Å². The van der Waals surface area contributed by atoms with Gasteiger partial charge in [0.15, 0.2) is 0 Å². The van der Waals surface area contributed by atoms with E-state index in [1.54, 1.807) is 0 Å². The van der Waals surface area contributed by atoms with Crippen LogP contribution in [0, 0.1) is 6.92 Å². The summed E-state index contributed by atoms with van der Waals surface area (Å²) in [6.45, 7) is 5.93. The summed E-state index contributed by atoms with van der Waals surface area (Å²) in [5.74, 6) is 0.513. The van der Waals surface area contributed by atoms with Crippen LogP contribution in [-0.4, -0.2) is 46.6 Å². The van der Waals surface area contributed by atoms with Gasteiger partial charge in [-0.25, -0.2) is 9.78 Å². The summed E-state index contributed by atoms with van der Waals surface area (Å²) in [6, 6.07) is 12.8. The molecule has 0 aliphatic carbocycles. The molecule has 0 bridgehead atoms. The van der Waals surface area contributed by atoms with Gasteiger partial charge in [-0.3, -0.25) is 4.90 Å². The van der Waals surface area contributed by atoms with Crippen molar-refractivity contribution in [2.75, 3.05) is 26.3 Å². The van der Waals surface area contributed by atoms with E-state index in [9.17, 15) is 4.79 Å². The normalized spacial score (nSPS) is 18.6. The number of nitrogens with zero attached hydrogens (tertiary/aromatic N) is 3. The van der Waals surface area contributed by atoms with Crippen LogP contribution in [0.1, 0.15) is 30.0 Å². The molecule has 0 N–H and O–H groups in total. The lowest BCUT2D eigenvalue weighted by molar-refractivity contribution is -0.0712. The molecule has 0 saturated carbocycles. The van der Waals surface area contributed by atoms with Crippen molar-refractivity contribution in [3.63, 3.8) is 0 Å². The predicted molar refractivity (Wildman–Crippen MR) is 120 cm³/mol. The van der Waals surface area contributed by atoms with Gasteiger partial charge in [-0.1, -0.05) is 12.1 Å². The lowest BCUT2D eigenvalue weighted by Gasteiger charge is -2.41. The van der Waals surface area contributed by atoms with E-state index in [0.717, 1.165) is 61.4 Å². The van der Waals surface area contributed by atoms with Gasteiger partial charge >= 0.3 is 5.63 Å². The lowest BCUT2D eigenvalue weighted by atomic mass is 9.88. The Bertz CT molecular complexity index is 1330. The summed E-state index contributed by atoms with van der Waals surface area (Å²) in [5.41, 5.74) is 4.85. The number of pyridine rings is 1. The van der Waals surface area contributed by atoms with Crippen molar-refractivity contribution in [3.8, 4) is 11.1 Å². The quantitative estimate of drug-likeness (QED) is 0.474. The third-order valence-electron chi connectivity index (χ3n) is 6.78. The maximum absolute atomic E-state index is 12.8. The Balaban J connectivity index is 1.29. The topological polar surface area (TPSA) is 60.0 Å². The molecule has 2 aliphatic heterocycles. The Kier molecular flexibility index (Phi) is 4.44. The maximum Gasteiger partial charge on any atom is 0.344 e. The maximum atomic E-state index is 12.8. The monoisotopic (exact) mass is 415 g/mol. The molecule has 0 unspecified atom stereocenters. The number of imidazole rings is 1. The Morgan fingerprint density at radius 1 is 1.03 bits per heavy atom. The molecule has 0 atom stereocenters. The number of aryl methyl sites for hydroxylation is 1. The molecule has 4 aromatic rings. The smallest absolute Gasteiger partial charge is 0.344 e. The summed E-state index contributed by atoms with van der Waals surface area (Å²) >= 11 is 0. The summed E-state index contributed by atoms with van der Waals surface area (Å²) in [4.78, 5) is 19.8. The highest BCUT2D eigenvalue weighted by Gasteiger charge is 2.30. The number of aromatic nitrogens is 2. The zero-order valence-electron chi connectivity index (χ0n) is 17.6. The zero-order valence-corrected chi connectivity index (χ0v) is 17.6. The average Bonchev–Trinajstić information content (AvgIpc) is 3.11. The largest absolute Gasteiger partial charge is 0.422 e. The van der Waals surface area contributed by atoms with Crippen molar-refractivity contribution in [3.05, 3.63) is 70.5 Å². The van der Waals surface area contributed by atoms with Gasteiger partial charge in [0.05, 0.1) is 30.5 Å². The van der Waals surface area contributed by atoms with E-state index < -0.39 is 0 Å². The second-order valence-electron chi connectivity index (χ2n) is 8.81. The molecule has 6 rings (SSSR count). The van der Waals surface area contributed by atoms with Crippen molar-refractivity contribution >= 4 is 16.6 Å². The van der Waals surface area contributed by atoms with Crippen LogP contribution in [0.4, 0.5) is 0 Å². The molecule has 6 nitrogen and oxygen atoms in total. The molecule has 0 spiro atoms. The highest BCUT2D eigenvalue weighted by molar-refractivity contribution is 5.82. The summed E-state index contributed by atoms with van der Waals surface area (Å²) in [7, 11) is 0. The fourth-order valence-corrected chi connectivity index (χ4v) is 4.89. The number of fused-ring (bicyclic) bond motifs is 2. The molecule has 2 fully saturated rings. The minimum absolute atomic E-state index is 0.305. The molecule has 0 radical (unpaired) electrons. The van der Waals surface area contributed by atoms with Crippen LogP contribution in [0.5, 0.6) is 0 Å². The third-order valence-corrected chi connectivity index (χ3v) is 6.78. The average molecular weight is 415 g/mol. The summed E-state index contributed by atoms with van der Waals surface area (Å²) in [5, 5.41) is 0.948. The fraction of sp³-hybridized carbons (Fsp3) is 0.360. The number of hydrogen-bond donors (Lipinski definition) is 0. The van der Waals surface area contributed by atoms with Gasteiger partial charge in [-0.2, -0.15) is 0 Å². The van der Waals surface area contributed by atoms with Gasteiger partial charge in [0.1, 0.15) is 11.2 Å². The van der Waals surface area contributed by atoms with Gasteiger partial charge in [0.2, 0.25) is 0 Å². The van der Waals surface area contributed by atoms with Crippen molar-refractivity contribution in [2.24, 2.45) is 0 Å². The fourth-order valence-electron chi connectivity index (χ4n) is 4.89. The van der Waals surface area contributed by atoms with Crippen LogP contribution < -0.4 is 5.63 Å². The summed E-state index contributed by atoms with van der Waals surface area (Å²) in [6.07, 6.45) is 6.16. The Hall–Kier alpha value is -2.96. The van der Waals surface area contributed by atoms with Crippen molar-refractivity contribution < 1.29 is 9.15 Å². The van der Waals surface area contributed by atoms with Gasteiger partial charge in [0.25, 0.3) is 0 Å². The number of benzene rings is 1.